The third-order valence-corrected chi connectivity index (χ3v) is 6.08. The van der Waals surface area contributed by atoms with Crippen molar-refractivity contribution in [2.45, 2.75) is 24.5 Å². The Kier molecular flexibility index (Phi) is 3.77. The minimum absolute atomic E-state index is 0.00766. The van der Waals surface area contributed by atoms with Crippen LogP contribution in [-0.4, -0.2) is 44.8 Å². The predicted octanol–water partition coefficient (Wildman–Crippen LogP) is 2.25. The first-order chi connectivity index (χ1) is 10.1. The van der Waals surface area contributed by atoms with Gasteiger partial charge in [-0.1, -0.05) is 11.6 Å². The van der Waals surface area contributed by atoms with Crippen molar-refractivity contribution in [1.29, 1.82) is 0 Å². The molecule has 8 heteroatoms. The summed E-state index contributed by atoms with van der Waals surface area (Å²) in [5, 5.41) is -0.206. The summed E-state index contributed by atoms with van der Waals surface area (Å²) in [5.41, 5.74) is -0.299. The molecule has 2 aliphatic heterocycles. The smallest absolute Gasteiger partial charge is 0.243 e. The monoisotopic (exact) mass is 349 g/mol. The molecule has 0 aliphatic carbocycles. The van der Waals surface area contributed by atoms with Gasteiger partial charge in [0.25, 0.3) is 0 Å². The molecular formula is C14H17ClFNO4S. The fourth-order valence-corrected chi connectivity index (χ4v) is 4.52. The molecule has 2 aliphatic rings. The quantitative estimate of drug-likeness (QED) is 0.821. The second-order valence-electron chi connectivity index (χ2n) is 6.33. The van der Waals surface area contributed by atoms with Gasteiger partial charge in [-0.25, -0.2) is 12.8 Å². The molecule has 5 nitrogen and oxygen atoms in total. The Morgan fingerprint density at radius 3 is 2.36 bits per heavy atom. The fourth-order valence-electron chi connectivity index (χ4n) is 2.58. The number of hydrogen-bond acceptors (Lipinski definition) is 4. The molecular weight excluding hydrogens is 333 g/mol. The highest BCUT2D eigenvalue weighted by Crippen LogP contribution is 2.40. The van der Waals surface area contributed by atoms with Crippen molar-refractivity contribution >= 4 is 21.6 Å². The van der Waals surface area contributed by atoms with E-state index in [4.69, 9.17) is 21.1 Å². The standard InChI is InChI=1S/C14H17ClFNO4S/c1-13(2)20-8-14(9-21-13)6-17(7-14)22(18,19)10-3-4-12(16)11(15)5-10/h3-5H,6-9H2,1-2H3. The maximum atomic E-state index is 13.2. The number of sulfonamides is 1. The Bertz CT molecular complexity index is 689. The van der Waals surface area contributed by atoms with Crippen LogP contribution in [0.15, 0.2) is 23.1 Å². The Morgan fingerprint density at radius 1 is 1.23 bits per heavy atom. The Morgan fingerprint density at radius 2 is 1.82 bits per heavy atom. The van der Waals surface area contributed by atoms with Gasteiger partial charge >= 0.3 is 0 Å². The van der Waals surface area contributed by atoms with E-state index < -0.39 is 21.6 Å². The maximum absolute atomic E-state index is 13.2. The van der Waals surface area contributed by atoms with E-state index in [9.17, 15) is 12.8 Å². The lowest BCUT2D eigenvalue weighted by Gasteiger charge is -2.53. The van der Waals surface area contributed by atoms with Crippen molar-refractivity contribution in [3.05, 3.63) is 29.0 Å². The van der Waals surface area contributed by atoms with E-state index in [1.54, 1.807) is 0 Å². The topological polar surface area (TPSA) is 55.8 Å². The van der Waals surface area contributed by atoms with Crippen molar-refractivity contribution < 1.29 is 22.3 Å². The van der Waals surface area contributed by atoms with Gasteiger partial charge in [0.15, 0.2) is 5.79 Å². The first kappa shape index (κ1) is 16.1. The summed E-state index contributed by atoms with van der Waals surface area (Å²) in [6.07, 6.45) is 0. The van der Waals surface area contributed by atoms with Crippen LogP contribution in [0.3, 0.4) is 0 Å². The van der Waals surface area contributed by atoms with Crippen LogP contribution in [0, 0.1) is 11.2 Å². The fraction of sp³-hybridized carbons (Fsp3) is 0.571. The lowest BCUT2D eigenvalue weighted by atomic mass is 9.82. The zero-order chi connectivity index (χ0) is 16.2. The van der Waals surface area contributed by atoms with Crippen LogP contribution in [0.4, 0.5) is 4.39 Å². The number of benzene rings is 1. The van der Waals surface area contributed by atoms with E-state index in [0.29, 0.717) is 26.3 Å². The van der Waals surface area contributed by atoms with E-state index in [2.05, 4.69) is 0 Å². The van der Waals surface area contributed by atoms with Gasteiger partial charge in [-0.3, -0.25) is 0 Å². The zero-order valence-electron chi connectivity index (χ0n) is 12.3. The first-order valence-electron chi connectivity index (χ1n) is 6.87. The molecule has 22 heavy (non-hydrogen) atoms. The van der Waals surface area contributed by atoms with Gasteiger partial charge < -0.3 is 9.47 Å². The molecule has 1 spiro atoms. The van der Waals surface area contributed by atoms with Crippen LogP contribution < -0.4 is 0 Å². The second-order valence-corrected chi connectivity index (χ2v) is 8.67. The van der Waals surface area contributed by atoms with E-state index >= 15 is 0 Å². The van der Waals surface area contributed by atoms with Crippen molar-refractivity contribution in [3.8, 4) is 0 Å². The van der Waals surface area contributed by atoms with E-state index in [0.717, 1.165) is 12.1 Å². The van der Waals surface area contributed by atoms with Crippen molar-refractivity contribution in [1.82, 2.24) is 4.31 Å². The minimum atomic E-state index is -3.67. The lowest BCUT2D eigenvalue weighted by molar-refractivity contribution is -0.299. The minimum Gasteiger partial charge on any atom is -0.350 e. The molecule has 0 radical (unpaired) electrons. The molecule has 2 heterocycles. The molecule has 1 aromatic rings. The van der Waals surface area contributed by atoms with Gasteiger partial charge in [-0.05, 0) is 32.0 Å². The van der Waals surface area contributed by atoms with Crippen LogP contribution in [0.2, 0.25) is 5.02 Å². The molecule has 3 rings (SSSR count). The van der Waals surface area contributed by atoms with Gasteiger partial charge in [-0.15, -0.1) is 0 Å². The molecule has 0 aromatic heterocycles. The average molecular weight is 350 g/mol. The number of ether oxygens (including phenoxy) is 2. The Labute approximate surface area is 134 Å². The molecule has 0 unspecified atom stereocenters. The Hall–Kier alpha value is -0.730. The molecule has 0 atom stereocenters. The van der Waals surface area contributed by atoms with Gasteiger partial charge in [0, 0.05) is 18.5 Å². The second kappa shape index (κ2) is 5.14. The van der Waals surface area contributed by atoms with E-state index in [1.807, 2.05) is 13.8 Å². The SMILES string of the molecule is CC1(C)OCC2(CO1)CN(S(=O)(=O)c1ccc(F)c(Cl)c1)C2. The summed E-state index contributed by atoms with van der Waals surface area (Å²) >= 11 is 5.66. The highest BCUT2D eigenvalue weighted by Gasteiger charge is 2.52. The van der Waals surface area contributed by atoms with Crippen molar-refractivity contribution in [2.75, 3.05) is 26.3 Å². The van der Waals surface area contributed by atoms with Crippen LogP contribution >= 0.6 is 11.6 Å². The third-order valence-electron chi connectivity index (χ3n) is 4.00. The molecule has 0 bridgehead atoms. The molecule has 0 N–H and O–H groups in total. The molecule has 0 amide bonds. The lowest BCUT2D eigenvalue weighted by Crippen LogP contribution is -2.65. The normalized spacial score (nSPS) is 24.2. The number of halogens is 2. The summed E-state index contributed by atoms with van der Waals surface area (Å²) in [4.78, 5) is -0.00766. The third kappa shape index (κ3) is 2.76. The number of nitrogens with zero attached hydrogens (tertiary/aromatic N) is 1. The van der Waals surface area contributed by atoms with Gasteiger partial charge in [0.2, 0.25) is 10.0 Å². The largest absolute Gasteiger partial charge is 0.350 e. The molecule has 122 valence electrons. The van der Waals surface area contributed by atoms with Crippen LogP contribution in [-0.2, 0) is 19.5 Å². The van der Waals surface area contributed by atoms with E-state index in [1.165, 1.54) is 10.4 Å². The molecule has 2 fully saturated rings. The highest BCUT2D eigenvalue weighted by atomic mass is 35.5. The van der Waals surface area contributed by atoms with Crippen molar-refractivity contribution in [2.24, 2.45) is 5.41 Å². The summed E-state index contributed by atoms with van der Waals surface area (Å²) in [7, 11) is -3.67. The van der Waals surface area contributed by atoms with Crippen LogP contribution in [0.5, 0.6) is 0 Å². The summed E-state index contributed by atoms with van der Waals surface area (Å²) in [5.74, 6) is -1.27. The first-order valence-corrected chi connectivity index (χ1v) is 8.69. The van der Waals surface area contributed by atoms with Gasteiger partial charge in [0.1, 0.15) is 5.82 Å². The average Bonchev–Trinajstić information content (AvgIpc) is 2.39. The summed E-state index contributed by atoms with van der Waals surface area (Å²) in [6.45, 7) is 5.20. The molecule has 0 saturated carbocycles. The zero-order valence-corrected chi connectivity index (χ0v) is 13.9. The van der Waals surface area contributed by atoms with Crippen LogP contribution in [0.25, 0.3) is 0 Å². The molecule has 2 saturated heterocycles. The highest BCUT2D eigenvalue weighted by molar-refractivity contribution is 7.89. The summed E-state index contributed by atoms with van der Waals surface area (Å²) < 4.78 is 50.7. The van der Waals surface area contributed by atoms with Gasteiger partial charge in [0.05, 0.1) is 23.1 Å². The maximum Gasteiger partial charge on any atom is 0.243 e. The van der Waals surface area contributed by atoms with E-state index in [-0.39, 0.29) is 15.3 Å². The van der Waals surface area contributed by atoms with Crippen LogP contribution in [0.1, 0.15) is 13.8 Å². The number of rotatable bonds is 2. The molecule has 1 aromatic carbocycles. The van der Waals surface area contributed by atoms with Crippen molar-refractivity contribution in [3.63, 3.8) is 0 Å². The van der Waals surface area contributed by atoms with Gasteiger partial charge in [-0.2, -0.15) is 4.31 Å². The Balaban J connectivity index is 1.73. The number of hydrogen-bond donors (Lipinski definition) is 0. The summed E-state index contributed by atoms with van der Waals surface area (Å²) in [6, 6.07) is 3.41. The predicted molar refractivity (Wildman–Crippen MR) is 78.6 cm³/mol.